The summed E-state index contributed by atoms with van der Waals surface area (Å²) < 4.78 is 205. The standard InChI is InChI=1S/C77H54BN3O/c1-76(2,3)52-38-43-70(59(46-52)50-24-8-5-9-25-50)81-71-48-54(80-68-34-18-12-28-57(68)58-29-13-19-35-69(58)80)40-42-65(71)78-64-41-39-53(79-66-32-16-10-26-55(66)56-27-11-17-33-67(56)79)47-62(64)77(60-30-14-20-36-73(60)82-74-37-21-15-31-61(74)77)63-44-51(45-72(81)75(63)78)49-22-6-4-7-23-49/h4-48H,1-3H3/i4D,6D,7D,10D,11D,12D,13D,16D,17D,18D,19D,22D,23D,26D,27D,28D,29D,32D,33D,34D,35D. The lowest BCUT2D eigenvalue weighted by atomic mass is 9.29. The van der Waals surface area contributed by atoms with Crippen molar-refractivity contribution in [1.29, 1.82) is 0 Å². The Bertz CT molecular complexity index is 6030. The van der Waals surface area contributed by atoms with E-state index >= 15 is 0 Å². The molecule has 12 aromatic carbocycles. The van der Waals surface area contributed by atoms with Gasteiger partial charge in [0.2, 0.25) is 6.71 Å². The van der Waals surface area contributed by atoms with Crippen LogP contribution in [-0.4, -0.2) is 15.8 Å². The molecule has 0 atom stereocenters. The van der Waals surface area contributed by atoms with Crippen molar-refractivity contribution in [1.82, 2.24) is 9.13 Å². The summed E-state index contributed by atoms with van der Waals surface area (Å²) in [5, 5.41) is -0.563. The summed E-state index contributed by atoms with van der Waals surface area (Å²) >= 11 is 0. The minimum atomic E-state index is -1.62. The van der Waals surface area contributed by atoms with Gasteiger partial charge in [-0.2, -0.15) is 0 Å². The molecule has 5 heterocycles. The predicted octanol–water partition coefficient (Wildman–Crippen LogP) is 17.6. The summed E-state index contributed by atoms with van der Waals surface area (Å²) in [6.45, 7) is 5.39. The third kappa shape index (κ3) is 6.56. The van der Waals surface area contributed by atoms with E-state index in [0.717, 1.165) is 16.7 Å². The monoisotopic (exact) mass is 1070 g/mol. The maximum absolute atomic E-state index is 9.84. The van der Waals surface area contributed by atoms with Crippen molar-refractivity contribution in [2.75, 3.05) is 4.90 Å². The van der Waals surface area contributed by atoms with Crippen molar-refractivity contribution in [3.63, 3.8) is 0 Å². The first kappa shape index (κ1) is 30.5. The molecule has 0 saturated heterocycles. The second-order valence-corrected chi connectivity index (χ2v) is 22.0. The Morgan fingerprint density at radius 3 is 1.51 bits per heavy atom. The highest BCUT2D eigenvalue weighted by Crippen LogP contribution is 2.58. The fraction of sp³-hybridized carbons (Fsp3) is 0.0649. The summed E-state index contributed by atoms with van der Waals surface area (Å²) in [7, 11) is 0. The highest BCUT2D eigenvalue weighted by molar-refractivity contribution is 6.99. The van der Waals surface area contributed by atoms with Crippen LogP contribution in [0, 0.1) is 0 Å². The van der Waals surface area contributed by atoms with E-state index in [-0.39, 0.29) is 66.1 Å². The molecule has 82 heavy (non-hydrogen) atoms. The summed E-state index contributed by atoms with van der Waals surface area (Å²) in [6.07, 6.45) is 0. The molecule has 386 valence electrons. The normalized spacial score (nSPS) is 17.3. The zero-order valence-electron chi connectivity index (χ0n) is 65.2. The first-order valence-electron chi connectivity index (χ1n) is 37.5. The van der Waals surface area contributed by atoms with E-state index in [9.17, 15) is 16.4 Å². The van der Waals surface area contributed by atoms with Crippen LogP contribution in [0.5, 0.6) is 11.5 Å². The fourth-order valence-corrected chi connectivity index (χ4v) is 13.3. The van der Waals surface area contributed by atoms with Gasteiger partial charge in [-0.25, -0.2) is 0 Å². The maximum atomic E-state index is 9.84. The molecule has 0 radical (unpaired) electrons. The second kappa shape index (κ2) is 17.5. The van der Waals surface area contributed by atoms with E-state index in [1.165, 1.54) is 9.13 Å². The Balaban J connectivity index is 1.11. The Kier molecular flexibility index (Phi) is 6.49. The molecule has 0 unspecified atom stereocenters. The van der Waals surface area contributed by atoms with Crippen molar-refractivity contribution < 1.29 is 33.5 Å². The van der Waals surface area contributed by atoms with Gasteiger partial charge in [0, 0.05) is 61.0 Å². The SMILES string of the molecule is [2H]c1c([2H])c([2H])c(-c2cc3c4c(c2)C2(c5ccccc5Oc5ccccc52)c2cc(-n5c6c([2H])c([2H])c([2H])c([2H])c6c6c([2H])c([2H])c([2H])c([2H])c65)ccc2B4c2ccc(-n4c5c([2H])c([2H])c([2H])c([2H])c5c5c([2H])c([2H])c([2H])c([2H])c54)cc2N3c2ccc(C(C)(C)C)cc2-c2ccccc2)c([2H])c1[2H]. The van der Waals surface area contributed by atoms with Gasteiger partial charge in [-0.3, -0.25) is 0 Å². The number of hydrogen-bond donors (Lipinski definition) is 0. The molecule has 3 aliphatic heterocycles. The number of para-hydroxylation sites is 6. The van der Waals surface area contributed by atoms with Crippen LogP contribution in [0.15, 0.2) is 272 Å². The van der Waals surface area contributed by atoms with Gasteiger partial charge in [-0.15, -0.1) is 0 Å². The third-order valence-corrected chi connectivity index (χ3v) is 16.8. The minimum Gasteiger partial charge on any atom is -0.457 e. The van der Waals surface area contributed by atoms with Crippen LogP contribution in [-0.2, 0) is 10.8 Å². The van der Waals surface area contributed by atoms with Gasteiger partial charge < -0.3 is 18.8 Å². The van der Waals surface area contributed by atoms with Crippen LogP contribution in [0.2, 0.25) is 0 Å². The lowest BCUT2D eigenvalue weighted by Gasteiger charge is -2.50. The highest BCUT2D eigenvalue weighted by atomic mass is 16.5. The molecule has 1 spiro atoms. The average molecular weight is 1070 g/mol. The number of fused-ring (bicyclic) bond motifs is 16. The third-order valence-electron chi connectivity index (χ3n) is 16.8. The van der Waals surface area contributed by atoms with Gasteiger partial charge >= 0.3 is 0 Å². The van der Waals surface area contributed by atoms with Crippen LogP contribution < -0.4 is 26.0 Å². The smallest absolute Gasteiger partial charge is 0.247 e. The van der Waals surface area contributed by atoms with Crippen molar-refractivity contribution in [2.45, 2.75) is 31.6 Å². The molecule has 5 heteroatoms. The molecule has 0 bridgehead atoms. The molecule has 0 N–H and O–H groups in total. The van der Waals surface area contributed by atoms with Gasteiger partial charge in [0.05, 0.1) is 62.0 Å². The number of nitrogens with zero attached hydrogens (tertiary/aromatic N) is 3. The first-order valence-corrected chi connectivity index (χ1v) is 27.0. The molecule has 0 amide bonds. The Labute approximate surface area is 507 Å². The predicted molar refractivity (Wildman–Crippen MR) is 342 cm³/mol. The molecule has 0 fully saturated rings. The van der Waals surface area contributed by atoms with Crippen LogP contribution in [0.3, 0.4) is 0 Å². The molecular weight excluding hydrogens is 994 g/mol. The highest BCUT2D eigenvalue weighted by Gasteiger charge is 2.55. The molecule has 3 aliphatic rings. The van der Waals surface area contributed by atoms with E-state index in [0.29, 0.717) is 67.2 Å². The van der Waals surface area contributed by atoms with E-state index in [1.807, 2.05) is 126 Å². The van der Waals surface area contributed by atoms with E-state index < -0.39 is 144 Å². The lowest BCUT2D eigenvalue weighted by molar-refractivity contribution is 0.435. The lowest BCUT2D eigenvalue weighted by Crippen LogP contribution is -2.65. The van der Waals surface area contributed by atoms with E-state index in [2.05, 4.69) is 26.8 Å². The Morgan fingerprint density at radius 2 is 0.927 bits per heavy atom. The molecule has 17 rings (SSSR count). The van der Waals surface area contributed by atoms with Gasteiger partial charge in [0.25, 0.3) is 0 Å². The van der Waals surface area contributed by atoms with Crippen LogP contribution >= 0.6 is 0 Å². The van der Waals surface area contributed by atoms with E-state index in [4.69, 9.17) is 17.1 Å². The van der Waals surface area contributed by atoms with Crippen molar-refractivity contribution in [3.8, 4) is 45.1 Å². The maximum Gasteiger partial charge on any atom is 0.247 e. The molecular formula is C77H54BN3O. The summed E-state index contributed by atoms with van der Waals surface area (Å²) in [6, 6.07) is 33.4. The molecule has 2 aromatic heterocycles. The summed E-state index contributed by atoms with van der Waals surface area (Å²) in [4.78, 5) is 2.04. The number of rotatable bonds is 5. The molecule has 14 aromatic rings. The fourth-order valence-electron chi connectivity index (χ4n) is 13.3. The van der Waals surface area contributed by atoms with Crippen LogP contribution in [0.4, 0.5) is 17.1 Å². The topological polar surface area (TPSA) is 22.3 Å². The van der Waals surface area contributed by atoms with Crippen molar-refractivity contribution >= 4 is 83.8 Å². The summed E-state index contributed by atoms with van der Waals surface area (Å²) in [5.41, 5.74) is 5.85. The van der Waals surface area contributed by atoms with Crippen molar-refractivity contribution in [2.24, 2.45) is 0 Å². The molecule has 4 nitrogen and oxygen atoms in total. The number of aromatic nitrogens is 2. The largest absolute Gasteiger partial charge is 0.457 e. The molecule has 0 saturated carbocycles. The number of anilines is 3. The Morgan fingerprint density at radius 1 is 0.402 bits per heavy atom. The quantitative estimate of drug-likeness (QED) is 0.160. The number of benzene rings is 12. The first-order chi connectivity index (χ1) is 49.0. The summed E-state index contributed by atoms with van der Waals surface area (Å²) in [5.74, 6) is 0.809. The Hall–Kier alpha value is -10.1. The van der Waals surface area contributed by atoms with Crippen LogP contribution in [0.1, 0.15) is 77.4 Å². The van der Waals surface area contributed by atoms with Crippen LogP contribution in [0.25, 0.3) is 77.2 Å². The van der Waals surface area contributed by atoms with Gasteiger partial charge in [-0.1, -0.05) is 214 Å². The number of ether oxygens (including phenoxy) is 1. The number of hydrogen-bond acceptors (Lipinski definition) is 2. The minimum absolute atomic E-state index is 0.130. The van der Waals surface area contributed by atoms with Gasteiger partial charge in [0.15, 0.2) is 0 Å². The zero-order valence-corrected chi connectivity index (χ0v) is 44.2. The molecule has 0 aliphatic carbocycles. The zero-order chi connectivity index (χ0) is 72.7. The second-order valence-electron chi connectivity index (χ2n) is 22.0. The average Bonchev–Trinajstić information content (AvgIpc) is 1.29. The van der Waals surface area contributed by atoms with Gasteiger partial charge in [-0.05, 0) is 135 Å². The van der Waals surface area contributed by atoms with E-state index in [1.54, 1.807) is 18.2 Å². The van der Waals surface area contributed by atoms with Crippen molar-refractivity contribution in [3.05, 3.63) is 300 Å². The van der Waals surface area contributed by atoms with Gasteiger partial charge in [0.1, 0.15) is 11.5 Å².